The number of ether oxygens (including phenoxy) is 2. The zero-order chi connectivity index (χ0) is 11.3. The topological polar surface area (TPSA) is 38.8 Å². The first-order valence-corrected chi connectivity index (χ1v) is 5.49. The van der Waals surface area contributed by atoms with E-state index in [1.54, 1.807) is 0 Å². The maximum Gasteiger partial charge on any atom is 0.307 e. The number of carbonyl (C=O) groups excluding carboxylic acids is 1. The maximum atomic E-state index is 11.4. The maximum absolute atomic E-state index is 11.4. The molecule has 0 atom stereocenters. The van der Waals surface area contributed by atoms with Crippen LogP contribution < -0.4 is 0 Å². The standard InChI is InChI=1S/C11H21NO3/c1-11(2,3)15-10(13)4-5-12-6-8-14-9-7-12/h4-9H2,1-3H3. The van der Waals surface area contributed by atoms with Gasteiger partial charge in [0.05, 0.1) is 19.6 Å². The summed E-state index contributed by atoms with van der Waals surface area (Å²) in [6, 6.07) is 0. The molecular weight excluding hydrogens is 194 g/mol. The van der Waals surface area contributed by atoms with Gasteiger partial charge in [0.25, 0.3) is 0 Å². The van der Waals surface area contributed by atoms with Gasteiger partial charge in [-0.05, 0) is 20.8 Å². The lowest BCUT2D eigenvalue weighted by Crippen LogP contribution is -2.38. The number of nitrogens with zero attached hydrogens (tertiary/aromatic N) is 1. The van der Waals surface area contributed by atoms with Crippen LogP contribution in [0.2, 0.25) is 0 Å². The average molecular weight is 215 g/mol. The Hall–Kier alpha value is -0.610. The molecule has 0 amide bonds. The molecule has 88 valence electrons. The Morgan fingerprint density at radius 2 is 1.93 bits per heavy atom. The highest BCUT2D eigenvalue weighted by Crippen LogP contribution is 2.08. The average Bonchev–Trinajstić information content (AvgIpc) is 2.14. The fourth-order valence-corrected chi connectivity index (χ4v) is 1.47. The van der Waals surface area contributed by atoms with E-state index in [0.717, 1.165) is 32.8 Å². The van der Waals surface area contributed by atoms with Gasteiger partial charge >= 0.3 is 5.97 Å². The van der Waals surface area contributed by atoms with Crippen LogP contribution in [-0.4, -0.2) is 49.3 Å². The lowest BCUT2D eigenvalue weighted by atomic mass is 10.2. The van der Waals surface area contributed by atoms with Crippen molar-refractivity contribution < 1.29 is 14.3 Å². The minimum Gasteiger partial charge on any atom is -0.460 e. The summed E-state index contributed by atoms with van der Waals surface area (Å²) in [5.74, 6) is -0.117. The molecule has 1 heterocycles. The molecule has 0 unspecified atom stereocenters. The van der Waals surface area contributed by atoms with Crippen molar-refractivity contribution in [2.45, 2.75) is 32.8 Å². The largest absolute Gasteiger partial charge is 0.460 e. The first-order chi connectivity index (χ1) is 6.97. The monoisotopic (exact) mass is 215 g/mol. The lowest BCUT2D eigenvalue weighted by molar-refractivity contribution is -0.155. The van der Waals surface area contributed by atoms with E-state index in [4.69, 9.17) is 9.47 Å². The van der Waals surface area contributed by atoms with Crippen molar-refractivity contribution in [2.75, 3.05) is 32.8 Å². The van der Waals surface area contributed by atoms with Gasteiger partial charge < -0.3 is 9.47 Å². The van der Waals surface area contributed by atoms with Crippen LogP contribution in [0.25, 0.3) is 0 Å². The Kier molecular flexibility index (Phi) is 4.54. The molecule has 0 spiro atoms. The van der Waals surface area contributed by atoms with Gasteiger partial charge in [-0.25, -0.2) is 0 Å². The molecule has 1 rings (SSSR count). The van der Waals surface area contributed by atoms with E-state index in [9.17, 15) is 4.79 Å². The highest BCUT2D eigenvalue weighted by atomic mass is 16.6. The summed E-state index contributed by atoms with van der Waals surface area (Å²) in [5, 5.41) is 0. The molecule has 0 N–H and O–H groups in total. The van der Waals surface area contributed by atoms with Crippen LogP contribution in [-0.2, 0) is 14.3 Å². The first-order valence-electron chi connectivity index (χ1n) is 5.49. The Bertz CT molecular complexity index is 204. The van der Waals surface area contributed by atoms with Gasteiger partial charge in [-0.2, -0.15) is 0 Å². The number of hydrogen-bond donors (Lipinski definition) is 0. The van der Waals surface area contributed by atoms with Crippen molar-refractivity contribution >= 4 is 5.97 Å². The van der Waals surface area contributed by atoms with Crippen LogP contribution >= 0.6 is 0 Å². The van der Waals surface area contributed by atoms with Crippen molar-refractivity contribution in [3.05, 3.63) is 0 Å². The summed E-state index contributed by atoms with van der Waals surface area (Å²) in [6.07, 6.45) is 0.470. The number of esters is 1. The van der Waals surface area contributed by atoms with Gasteiger partial charge in [0, 0.05) is 19.6 Å². The molecule has 4 heteroatoms. The molecule has 0 saturated carbocycles. The number of carbonyl (C=O) groups is 1. The van der Waals surface area contributed by atoms with E-state index in [0.29, 0.717) is 6.42 Å². The van der Waals surface area contributed by atoms with Crippen molar-refractivity contribution in [1.82, 2.24) is 4.90 Å². The predicted octanol–water partition coefficient (Wildman–Crippen LogP) is 1.05. The molecule has 4 nitrogen and oxygen atoms in total. The van der Waals surface area contributed by atoms with Crippen molar-refractivity contribution in [3.8, 4) is 0 Å². The highest BCUT2D eigenvalue weighted by Gasteiger charge is 2.17. The molecule has 0 aromatic heterocycles. The molecular formula is C11H21NO3. The van der Waals surface area contributed by atoms with Crippen LogP contribution in [0.1, 0.15) is 27.2 Å². The SMILES string of the molecule is CC(C)(C)OC(=O)CCN1CCOCC1. The molecule has 0 aromatic carbocycles. The summed E-state index contributed by atoms with van der Waals surface area (Å²) in [7, 11) is 0. The van der Waals surface area contributed by atoms with Gasteiger partial charge in [0.1, 0.15) is 5.60 Å². The summed E-state index contributed by atoms with van der Waals surface area (Å²) in [6.45, 7) is 9.82. The molecule has 1 aliphatic rings. The van der Waals surface area contributed by atoms with Crippen molar-refractivity contribution in [3.63, 3.8) is 0 Å². The predicted molar refractivity (Wildman–Crippen MR) is 57.7 cm³/mol. The Balaban J connectivity index is 2.15. The molecule has 1 fully saturated rings. The van der Waals surface area contributed by atoms with E-state index in [1.165, 1.54) is 0 Å². The van der Waals surface area contributed by atoms with Crippen molar-refractivity contribution in [2.24, 2.45) is 0 Å². The third-order valence-corrected chi connectivity index (χ3v) is 2.16. The number of hydrogen-bond acceptors (Lipinski definition) is 4. The van der Waals surface area contributed by atoms with E-state index in [-0.39, 0.29) is 11.6 Å². The number of morpholine rings is 1. The van der Waals surface area contributed by atoms with E-state index >= 15 is 0 Å². The van der Waals surface area contributed by atoms with Gasteiger partial charge in [0.2, 0.25) is 0 Å². The Morgan fingerprint density at radius 3 is 2.47 bits per heavy atom. The first kappa shape index (κ1) is 12.5. The van der Waals surface area contributed by atoms with Gasteiger partial charge in [-0.3, -0.25) is 9.69 Å². The van der Waals surface area contributed by atoms with E-state index in [1.807, 2.05) is 20.8 Å². The summed E-state index contributed by atoms with van der Waals surface area (Å²) in [5.41, 5.74) is -0.373. The van der Waals surface area contributed by atoms with Crippen LogP contribution in [0.3, 0.4) is 0 Å². The zero-order valence-corrected chi connectivity index (χ0v) is 9.91. The zero-order valence-electron chi connectivity index (χ0n) is 9.91. The van der Waals surface area contributed by atoms with Gasteiger partial charge in [-0.1, -0.05) is 0 Å². The molecule has 1 aliphatic heterocycles. The molecule has 15 heavy (non-hydrogen) atoms. The van der Waals surface area contributed by atoms with Gasteiger partial charge in [0.15, 0.2) is 0 Å². The summed E-state index contributed by atoms with van der Waals surface area (Å²) < 4.78 is 10.5. The fourth-order valence-electron chi connectivity index (χ4n) is 1.47. The van der Waals surface area contributed by atoms with Crippen LogP contribution in [0.4, 0.5) is 0 Å². The minimum absolute atomic E-state index is 0.117. The third-order valence-electron chi connectivity index (χ3n) is 2.16. The highest BCUT2D eigenvalue weighted by molar-refractivity contribution is 5.70. The smallest absolute Gasteiger partial charge is 0.307 e. The summed E-state index contributed by atoms with van der Waals surface area (Å²) in [4.78, 5) is 13.7. The quantitative estimate of drug-likeness (QED) is 0.660. The van der Waals surface area contributed by atoms with Crippen LogP contribution in [0, 0.1) is 0 Å². The molecule has 1 saturated heterocycles. The summed E-state index contributed by atoms with van der Waals surface area (Å²) >= 11 is 0. The Morgan fingerprint density at radius 1 is 1.33 bits per heavy atom. The lowest BCUT2D eigenvalue weighted by Gasteiger charge is -2.26. The van der Waals surface area contributed by atoms with E-state index in [2.05, 4.69) is 4.90 Å². The third kappa shape index (κ3) is 5.74. The number of rotatable bonds is 3. The van der Waals surface area contributed by atoms with Crippen LogP contribution in [0.5, 0.6) is 0 Å². The van der Waals surface area contributed by atoms with Gasteiger partial charge in [-0.15, -0.1) is 0 Å². The molecule has 0 aliphatic carbocycles. The molecule has 0 bridgehead atoms. The molecule has 0 radical (unpaired) electrons. The minimum atomic E-state index is -0.373. The fraction of sp³-hybridized carbons (Fsp3) is 0.909. The van der Waals surface area contributed by atoms with Crippen molar-refractivity contribution in [1.29, 1.82) is 0 Å². The Labute approximate surface area is 91.5 Å². The second-order valence-corrected chi connectivity index (χ2v) is 4.79. The normalized spacial score (nSPS) is 18.9. The second-order valence-electron chi connectivity index (χ2n) is 4.79. The molecule has 0 aromatic rings. The van der Waals surface area contributed by atoms with E-state index < -0.39 is 0 Å². The second kappa shape index (κ2) is 5.47. The van der Waals surface area contributed by atoms with Crippen LogP contribution in [0.15, 0.2) is 0 Å².